The van der Waals surface area contributed by atoms with E-state index in [-0.39, 0.29) is 0 Å². The fraction of sp³-hybridized carbons (Fsp3) is 0. The molecule has 51 heavy (non-hydrogen) atoms. The van der Waals surface area contributed by atoms with Crippen LogP contribution in [0, 0.1) is 0 Å². The Morgan fingerprint density at radius 1 is 0.392 bits per heavy atom. The van der Waals surface area contributed by atoms with Gasteiger partial charge in [0.05, 0.1) is 38.0 Å². The smallest absolute Gasteiger partial charge is 0.235 e. The van der Waals surface area contributed by atoms with Crippen molar-refractivity contribution in [1.29, 1.82) is 0 Å². The third-order valence-electron chi connectivity index (χ3n) is 10.1. The van der Waals surface area contributed by atoms with Gasteiger partial charge < -0.3 is 4.57 Å². The number of nitrogens with zero attached hydrogens (tertiary/aromatic N) is 4. The number of benzene rings is 7. The van der Waals surface area contributed by atoms with Gasteiger partial charge in [0.2, 0.25) is 5.95 Å². The first-order valence-corrected chi connectivity index (χ1v) is 18.0. The molecule has 4 nitrogen and oxygen atoms in total. The third kappa shape index (κ3) is 4.25. The van der Waals surface area contributed by atoms with Crippen LogP contribution in [-0.4, -0.2) is 19.1 Å². The predicted octanol–water partition coefficient (Wildman–Crippen LogP) is 12.4. The van der Waals surface area contributed by atoms with Crippen LogP contribution < -0.4 is 0 Å². The second-order valence-corrected chi connectivity index (χ2v) is 14.1. The van der Waals surface area contributed by atoms with Crippen molar-refractivity contribution in [2.45, 2.75) is 0 Å². The van der Waals surface area contributed by atoms with Gasteiger partial charge in [0.15, 0.2) is 0 Å². The maximum Gasteiger partial charge on any atom is 0.235 e. The van der Waals surface area contributed by atoms with Gasteiger partial charge in [-0.15, -0.1) is 11.3 Å². The molecule has 4 aromatic heterocycles. The van der Waals surface area contributed by atoms with Crippen molar-refractivity contribution in [3.63, 3.8) is 0 Å². The average molecular weight is 669 g/mol. The first-order valence-electron chi connectivity index (χ1n) is 17.2. The Labute approximate surface area is 297 Å². The molecule has 11 rings (SSSR count). The number of hydrogen-bond acceptors (Lipinski definition) is 3. The summed E-state index contributed by atoms with van der Waals surface area (Å²) in [4.78, 5) is 10.8. The molecular weight excluding hydrogens is 641 g/mol. The van der Waals surface area contributed by atoms with Crippen LogP contribution in [0.4, 0.5) is 0 Å². The number of hydrogen-bond donors (Lipinski definition) is 0. The van der Waals surface area contributed by atoms with Crippen molar-refractivity contribution in [3.8, 4) is 34.0 Å². The minimum Gasteiger partial charge on any atom is -0.309 e. The van der Waals surface area contributed by atoms with Gasteiger partial charge >= 0.3 is 0 Å². The van der Waals surface area contributed by atoms with Crippen LogP contribution in [0.5, 0.6) is 0 Å². The zero-order valence-electron chi connectivity index (χ0n) is 27.4. The topological polar surface area (TPSA) is 35.6 Å². The molecule has 0 bridgehead atoms. The second kappa shape index (κ2) is 11.0. The van der Waals surface area contributed by atoms with Crippen molar-refractivity contribution in [1.82, 2.24) is 19.1 Å². The Kier molecular flexibility index (Phi) is 6.09. The Morgan fingerprint density at radius 3 is 1.73 bits per heavy atom. The summed E-state index contributed by atoms with van der Waals surface area (Å²) >= 11 is 1.77. The summed E-state index contributed by atoms with van der Waals surface area (Å²) < 4.78 is 6.92. The molecule has 0 aliphatic heterocycles. The molecule has 0 fully saturated rings. The molecule has 0 spiro atoms. The van der Waals surface area contributed by atoms with Crippen molar-refractivity contribution in [3.05, 3.63) is 170 Å². The Morgan fingerprint density at radius 2 is 0.980 bits per heavy atom. The summed E-state index contributed by atoms with van der Waals surface area (Å²) in [6, 6.07) is 60.6. The molecule has 4 heterocycles. The molecule has 238 valence electrons. The molecule has 0 aliphatic rings. The summed E-state index contributed by atoms with van der Waals surface area (Å²) in [6.07, 6.45) is 0. The van der Waals surface area contributed by atoms with E-state index < -0.39 is 0 Å². The van der Waals surface area contributed by atoms with Crippen LogP contribution in [0.15, 0.2) is 170 Å². The van der Waals surface area contributed by atoms with Gasteiger partial charge in [-0.2, -0.15) is 0 Å². The van der Waals surface area contributed by atoms with Gasteiger partial charge in [0.1, 0.15) is 0 Å². The molecule has 7 aromatic carbocycles. The monoisotopic (exact) mass is 668 g/mol. The first kappa shape index (κ1) is 28.3. The van der Waals surface area contributed by atoms with Gasteiger partial charge in [0.25, 0.3) is 0 Å². The van der Waals surface area contributed by atoms with Crippen LogP contribution in [0.3, 0.4) is 0 Å². The van der Waals surface area contributed by atoms with Gasteiger partial charge in [-0.1, -0.05) is 121 Å². The average Bonchev–Trinajstić information content (AvgIpc) is 3.85. The number of aromatic nitrogens is 4. The van der Waals surface area contributed by atoms with Gasteiger partial charge in [-0.25, -0.2) is 9.97 Å². The zero-order chi connectivity index (χ0) is 33.5. The third-order valence-corrected chi connectivity index (χ3v) is 11.3. The minimum atomic E-state index is 0.679. The summed E-state index contributed by atoms with van der Waals surface area (Å²) in [7, 11) is 0. The van der Waals surface area contributed by atoms with Crippen LogP contribution >= 0.6 is 11.3 Å². The Balaban J connectivity index is 1.18. The molecular formula is C46H28N4S. The predicted molar refractivity (Wildman–Crippen MR) is 214 cm³/mol. The highest BCUT2D eigenvalue weighted by Crippen LogP contribution is 2.42. The van der Waals surface area contributed by atoms with E-state index in [1.807, 2.05) is 0 Å². The second-order valence-electron chi connectivity index (χ2n) is 13.0. The quantitative estimate of drug-likeness (QED) is 0.187. The van der Waals surface area contributed by atoms with Gasteiger partial charge in [-0.05, 0) is 59.7 Å². The lowest BCUT2D eigenvalue weighted by atomic mass is 10.0. The van der Waals surface area contributed by atoms with Crippen LogP contribution in [-0.2, 0) is 0 Å². The zero-order valence-corrected chi connectivity index (χ0v) is 28.2. The normalized spacial score (nSPS) is 11.9. The summed E-state index contributed by atoms with van der Waals surface area (Å²) in [6.45, 7) is 0. The summed E-state index contributed by atoms with van der Waals surface area (Å²) in [5.74, 6) is 0.679. The van der Waals surface area contributed by atoms with Crippen molar-refractivity contribution >= 4 is 75.3 Å². The van der Waals surface area contributed by atoms with E-state index in [0.29, 0.717) is 5.95 Å². The van der Waals surface area contributed by atoms with Gasteiger partial charge in [-0.3, -0.25) is 4.57 Å². The van der Waals surface area contributed by atoms with E-state index in [0.717, 1.165) is 49.1 Å². The molecule has 0 saturated carbocycles. The largest absolute Gasteiger partial charge is 0.309 e. The van der Waals surface area contributed by atoms with Crippen molar-refractivity contribution < 1.29 is 0 Å². The molecule has 0 N–H and O–H groups in total. The number of para-hydroxylation sites is 3. The Bertz CT molecular complexity index is 3090. The van der Waals surface area contributed by atoms with E-state index in [4.69, 9.17) is 9.97 Å². The standard InChI is InChI=1S/C46H28N4S/c1-2-13-29(14-3-1)30-15-12-16-32(27-30)49-38-21-8-6-19-35(38)37-28-31(25-26-41(37)49)43-45-44(36-20-7-11-24-42(36)51-45)48-46(47-43)50-39-22-9-4-17-33(39)34-18-5-10-23-40(34)50/h1-28H. The number of fused-ring (bicyclic) bond motifs is 9. The highest BCUT2D eigenvalue weighted by atomic mass is 32.1. The molecule has 0 saturated heterocycles. The minimum absolute atomic E-state index is 0.679. The van der Waals surface area contributed by atoms with Crippen LogP contribution in [0.1, 0.15) is 0 Å². The fourth-order valence-electron chi connectivity index (χ4n) is 7.87. The molecule has 0 unspecified atom stereocenters. The highest BCUT2D eigenvalue weighted by Gasteiger charge is 2.21. The summed E-state index contributed by atoms with van der Waals surface area (Å²) in [5, 5.41) is 5.94. The molecule has 0 amide bonds. The van der Waals surface area contributed by atoms with E-state index in [1.165, 1.54) is 42.9 Å². The molecule has 0 radical (unpaired) electrons. The maximum absolute atomic E-state index is 5.46. The van der Waals surface area contributed by atoms with Crippen molar-refractivity contribution in [2.75, 3.05) is 0 Å². The lowest BCUT2D eigenvalue weighted by Crippen LogP contribution is -2.02. The number of rotatable bonds is 4. The highest BCUT2D eigenvalue weighted by molar-refractivity contribution is 7.26. The first-order chi connectivity index (χ1) is 25.3. The van der Waals surface area contributed by atoms with Crippen LogP contribution in [0.2, 0.25) is 0 Å². The summed E-state index contributed by atoms with van der Waals surface area (Å²) in [5.41, 5.74) is 11.1. The SMILES string of the molecule is c1ccc(-c2cccc(-n3c4ccccc4c4cc(-c5nc(-n6c7ccccc7c7ccccc76)nc6c5sc5ccccc56)ccc43)c2)cc1. The van der Waals surface area contributed by atoms with Crippen molar-refractivity contribution in [2.24, 2.45) is 0 Å². The lowest BCUT2D eigenvalue weighted by Gasteiger charge is -2.12. The van der Waals surface area contributed by atoms with E-state index >= 15 is 0 Å². The molecule has 5 heteroatoms. The lowest BCUT2D eigenvalue weighted by molar-refractivity contribution is 1.02. The Hall–Kier alpha value is -6.56. The molecule has 11 aromatic rings. The van der Waals surface area contributed by atoms with E-state index in [9.17, 15) is 0 Å². The maximum atomic E-state index is 5.46. The van der Waals surface area contributed by atoms with E-state index in [2.05, 4.69) is 179 Å². The van der Waals surface area contributed by atoms with E-state index in [1.54, 1.807) is 11.3 Å². The fourth-order valence-corrected chi connectivity index (χ4v) is 9.02. The van der Waals surface area contributed by atoms with Gasteiger partial charge in [0, 0.05) is 42.9 Å². The molecule has 0 atom stereocenters. The number of thiophene rings is 1. The van der Waals surface area contributed by atoms with Crippen LogP contribution in [0.25, 0.3) is 97.9 Å². The molecule has 0 aliphatic carbocycles.